The van der Waals surface area contributed by atoms with E-state index in [0.717, 1.165) is 12.8 Å². The number of carbonyl (C=O) groups excluding carboxylic acids is 1. The highest BCUT2D eigenvalue weighted by molar-refractivity contribution is 7.89. The Balaban J connectivity index is 3.25. The van der Waals surface area contributed by atoms with Gasteiger partial charge < -0.3 is 4.90 Å². The minimum atomic E-state index is -3.98. The largest absolute Gasteiger partial charge is 0.340 e. The highest BCUT2D eigenvalue weighted by atomic mass is 32.2. The number of primary sulfonamides is 1. The lowest BCUT2D eigenvalue weighted by Crippen LogP contribution is -2.29. The molecule has 0 aliphatic carbocycles. The van der Waals surface area contributed by atoms with E-state index in [0.29, 0.717) is 18.7 Å². The molecule has 8 heteroatoms. The summed E-state index contributed by atoms with van der Waals surface area (Å²) >= 11 is 0. The first-order chi connectivity index (χ1) is 8.82. The molecule has 0 saturated carbocycles. The monoisotopic (exact) mass is 288 g/mol. The van der Waals surface area contributed by atoms with Gasteiger partial charge >= 0.3 is 0 Å². The Morgan fingerprint density at radius 2 is 2.00 bits per heavy atom. The lowest BCUT2D eigenvalue weighted by atomic mass is 10.2. The summed E-state index contributed by atoms with van der Waals surface area (Å²) in [5.41, 5.74) is 0.264. The van der Waals surface area contributed by atoms with E-state index in [1.54, 1.807) is 7.05 Å². The van der Waals surface area contributed by atoms with Crippen LogP contribution in [0.15, 0.2) is 4.90 Å². The Labute approximate surface area is 113 Å². The van der Waals surface area contributed by atoms with Crippen LogP contribution in [-0.4, -0.2) is 43.0 Å². The van der Waals surface area contributed by atoms with E-state index in [1.165, 1.54) is 4.90 Å². The Hall–Kier alpha value is -1.41. The van der Waals surface area contributed by atoms with Gasteiger partial charge in [-0.25, -0.2) is 13.6 Å². The van der Waals surface area contributed by atoms with Gasteiger partial charge in [0.25, 0.3) is 5.91 Å². The summed E-state index contributed by atoms with van der Waals surface area (Å²) in [7, 11) is -2.37. The highest BCUT2D eigenvalue weighted by Gasteiger charge is 2.28. The van der Waals surface area contributed by atoms with E-state index in [2.05, 4.69) is 10.2 Å². The number of aromatic amines is 1. The van der Waals surface area contributed by atoms with Crippen molar-refractivity contribution < 1.29 is 13.2 Å². The van der Waals surface area contributed by atoms with Gasteiger partial charge in [0.05, 0.1) is 5.69 Å². The fourth-order valence-corrected chi connectivity index (χ4v) is 2.75. The van der Waals surface area contributed by atoms with Crippen LogP contribution in [0.5, 0.6) is 0 Å². The summed E-state index contributed by atoms with van der Waals surface area (Å²) in [6.45, 7) is 4.36. The molecule has 0 radical (unpaired) electrons. The molecular weight excluding hydrogens is 268 g/mol. The van der Waals surface area contributed by atoms with Crippen molar-refractivity contribution in [3.63, 3.8) is 0 Å². The van der Waals surface area contributed by atoms with Crippen LogP contribution in [-0.2, 0) is 16.4 Å². The molecular formula is C11H20N4O3S. The molecule has 0 unspecified atom stereocenters. The van der Waals surface area contributed by atoms with Crippen LogP contribution in [0.3, 0.4) is 0 Å². The zero-order valence-corrected chi connectivity index (χ0v) is 12.2. The van der Waals surface area contributed by atoms with Crippen molar-refractivity contribution in [2.45, 2.75) is 38.0 Å². The van der Waals surface area contributed by atoms with Gasteiger partial charge in [-0.3, -0.25) is 9.89 Å². The number of H-pyrrole nitrogens is 1. The maximum absolute atomic E-state index is 12.1. The lowest BCUT2D eigenvalue weighted by molar-refractivity contribution is 0.0785. The van der Waals surface area contributed by atoms with Crippen molar-refractivity contribution in [2.24, 2.45) is 5.14 Å². The van der Waals surface area contributed by atoms with Gasteiger partial charge in [-0.2, -0.15) is 5.10 Å². The Morgan fingerprint density at radius 1 is 1.37 bits per heavy atom. The van der Waals surface area contributed by atoms with Crippen LogP contribution in [0.2, 0.25) is 0 Å². The second-order valence-corrected chi connectivity index (χ2v) is 5.90. The van der Waals surface area contributed by atoms with Crippen LogP contribution in [0.1, 0.15) is 42.9 Å². The van der Waals surface area contributed by atoms with E-state index < -0.39 is 15.9 Å². The van der Waals surface area contributed by atoms with Crippen LogP contribution in [0, 0.1) is 0 Å². The van der Waals surface area contributed by atoms with Gasteiger partial charge in [0.15, 0.2) is 5.69 Å². The zero-order chi connectivity index (χ0) is 14.6. The second-order valence-electron chi connectivity index (χ2n) is 4.40. The molecule has 7 nitrogen and oxygen atoms in total. The number of carbonyl (C=O) groups is 1. The summed E-state index contributed by atoms with van der Waals surface area (Å²) in [6.07, 6.45) is 1.98. The number of rotatable bonds is 6. The van der Waals surface area contributed by atoms with Gasteiger partial charge in [-0.15, -0.1) is 0 Å². The van der Waals surface area contributed by atoms with Gasteiger partial charge in [0, 0.05) is 13.6 Å². The molecule has 0 spiro atoms. The number of nitrogens with one attached hydrogen (secondary N) is 1. The molecule has 3 N–H and O–H groups in total. The third-order valence-electron chi connectivity index (χ3n) is 2.68. The molecule has 0 atom stereocenters. The molecule has 0 bridgehead atoms. The summed E-state index contributed by atoms with van der Waals surface area (Å²) in [6, 6.07) is 0. The fourth-order valence-electron chi connectivity index (χ4n) is 1.86. The van der Waals surface area contributed by atoms with Crippen LogP contribution in [0.4, 0.5) is 0 Å². The van der Waals surface area contributed by atoms with Crippen LogP contribution in [0.25, 0.3) is 0 Å². The van der Waals surface area contributed by atoms with Gasteiger partial charge in [-0.1, -0.05) is 20.3 Å². The molecule has 0 fully saturated rings. The first-order valence-electron chi connectivity index (χ1n) is 6.18. The number of amides is 1. The predicted molar refractivity (Wildman–Crippen MR) is 71.2 cm³/mol. The van der Waals surface area contributed by atoms with Crippen molar-refractivity contribution >= 4 is 15.9 Å². The molecule has 19 heavy (non-hydrogen) atoms. The van der Waals surface area contributed by atoms with Gasteiger partial charge in [-0.05, 0) is 12.8 Å². The quantitative estimate of drug-likeness (QED) is 0.793. The fraction of sp³-hybridized carbons (Fsp3) is 0.636. The van der Waals surface area contributed by atoms with Crippen molar-refractivity contribution in [3.05, 3.63) is 11.4 Å². The Kier molecular flexibility index (Phi) is 5.07. The molecule has 1 aromatic rings. The van der Waals surface area contributed by atoms with Crippen molar-refractivity contribution in [1.82, 2.24) is 15.1 Å². The Bertz CT molecular complexity index is 550. The average molecular weight is 288 g/mol. The van der Waals surface area contributed by atoms with E-state index in [1.807, 2.05) is 13.8 Å². The van der Waals surface area contributed by atoms with E-state index in [4.69, 9.17) is 5.14 Å². The molecule has 0 aliphatic rings. The summed E-state index contributed by atoms with van der Waals surface area (Å²) < 4.78 is 23.3. The van der Waals surface area contributed by atoms with Crippen molar-refractivity contribution in [3.8, 4) is 0 Å². The highest BCUT2D eigenvalue weighted by Crippen LogP contribution is 2.19. The average Bonchev–Trinajstić information content (AvgIpc) is 2.72. The molecule has 0 aliphatic heterocycles. The molecule has 1 amide bonds. The van der Waals surface area contributed by atoms with E-state index >= 15 is 0 Å². The van der Waals surface area contributed by atoms with Gasteiger partial charge in [0.2, 0.25) is 10.0 Å². The summed E-state index contributed by atoms with van der Waals surface area (Å²) in [4.78, 5) is 13.4. The number of nitrogens with zero attached hydrogens (tertiary/aromatic N) is 2. The number of hydrogen-bond donors (Lipinski definition) is 2. The minimum Gasteiger partial charge on any atom is -0.340 e. The van der Waals surface area contributed by atoms with E-state index in [-0.39, 0.29) is 10.6 Å². The Morgan fingerprint density at radius 3 is 2.47 bits per heavy atom. The normalized spacial score (nSPS) is 11.6. The molecule has 0 aromatic carbocycles. The smallest absolute Gasteiger partial charge is 0.275 e. The van der Waals surface area contributed by atoms with E-state index in [9.17, 15) is 13.2 Å². The third-order valence-corrected chi connectivity index (χ3v) is 3.69. The maximum atomic E-state index is 12.1. The first kappa shape index (κ1) is 15.6. The minimum absolute atomic E-state index is 0.123. The SMILES string of the molecule is CCCc1[nH]nc(C(=O)N(C)CCC)c1S(N)(=O)=O. The zero-order valence-electron chi connectivity index (χ0n) is 11.4. The lowest BCUT2D eigenvalue weighted by Gasteiger charge is -2.15. The second kappa shape index (κ2) is 6.16. The maximum Gasteiger partial charge on any atom is 0.275 e. The summed E-state index contributed by atoms with van der Waals surface area (Å²) in [5, 5.41) is 11.6. The number of sulfonamides is 1. The van der Waals surface area contributed by atoms with Crippen LogP contribution >= 0.6 is 0 Å². The number of nitrogens with two attached hydrogens (primary N) is 1. The number of aryl methyl sites for hydroxylation is 1. The van der Waals surface area contributed by atoms with Crippen molar-refractivity contribution in [2.75, 3.05) is 13.6 Å². The molecule has 1 heterocycles. The van der Waals surface area contributed by atoms with Gasteiger partial charge in [0.1, 0.15) is 4.90 Å². The molecule has 0 saturated heterocycles. The third kappa shape index (κ3) is 3.54. The predicted octanol–water partition coefficient (Wildman–Crippen LogP) is 0.492. The standard InChI is InChI=1S/C11H20N4O3S/c1-4-6-8-10(19(12,17)18)9(14-13-8)11(16)15(3)7-5-2/h4-7H2,1-3H3,(H,13,14)(H2,12,17,18). The first-order valence-corrected chi connectivity index (χ1v) is 7.73. The summed E-state index contributed by atoms with van der Waals surface area (Å²) in [5.74, 6) is -0.440. The number of aromatic nitrogens is 2. The molecule has 1 rings (SSSR count). The number of hydrogen-bond acceptors (Lipinski definition) is 4. The molecule has 1 aromatic heterocycles. The molecule has 108 valence electrons. The van der Waals surface area contributed by atoms with Crippen LogP contribution < -0.4 is 5.14 Å². The topological polar surface area (TPSA) is 109 Å². The van der Waals surface area contributed by atoms with Crippen molar-refractivity contribution in [1.29, 1.82) is 0 Å².